The number of anilines is 1. The number of alkyl halides is 3. The molecule has 0 unspecified atom stereocenters. The maximum Gasteiger partial charge on any atom is 0.419 e. The van der Waals surface area contributed by atoms with Gasteiger partial charge in [0.15, 0.2) is 12.4 Å². The van der Waals surface area contributed by atoms with Crippen LogP contribution in [0.1, 0.15) is 39.2 Å². The van der Waals surface area contributed by atoms with Gasteiger partial charge in [0.25, 0.3) is 0 Å². The topological polar surface area (TPSA) is 59.5 Å². The summed E-state index contributed by atoms with van der Waals surface area (Å²) in [5.41, 5.74) is -1.44. The normalized spacial score (nSPS) is 18.5. The Labute approximate surface area is 150 Å². The van der Waals surface area contributed by atoms with E-state index in [-0.39, 0.29) is 24.8 Å². The van der Waals surface area contributed by atoms with Crippen LogP contribution in [0.3, 0.4) is 0 Å². The van der Waals surface area contributed by atoms with Crippen molar-refractivity contribution in [1.82, 2.24) is 4.98 Å². The van der Waals surface area contributed by atoms with Crippen molar-refractivity contribution in [2.45, 2.75) is 39.8 Å². The number of carbonyl (C=O) groups is 2. The van der Waals surface area contributed by atoms with Crippen molar-refractivity contribution in [2.75, 3.05) is 24.6 Å². The van der Waals surface area contributed by atoms with Crippen LogP contribution in [0.2, 0.25) is 0 Å². The summed E-state index contributed by atoms with van der Waals surface area (Å²) in [4.78, 5) is 29.4. The second-order valence-electron chi connectivity index (χ2n) is 7.44. The highest BCUT2D eigenvalue weighted by Gasteiger charge is 2.37. The second-order valence-corrected chi connectivity index (χ2v) is 7.44. The number of ketones is 1. The van der Waals surface area contributed by atoms with E-state index in [1.54, 1.807) is 20.8 Å². The Balaban J connectivity index is 2.06. The van der Waals surface area contributed by atoms with Gasteiger partial charge in [-0.2, -0.15) is 13.2 Å². The van der Waals surface area contributed by atoms with Gasteiger partial charge in [-0.3, -0.25) is 9.59 Å². The van der Waals surface area contributed by atoms with E-state index in [0.717, 1.165) is 6.07 Å². The molecule has 0 aliphatic carbocycles. The fraction of sp³-hybridized carbons (Fsp3) is 0.611. The SMILES string of the molecule is CC(C)(C)C(=O)COC(=O)[C@H]1CCCN(c2ncccc2C(F)(F)F)C1. The molecule has 1 atom stereocenters. The lowest BCUT2D eigenvalue weighted by molar-refractivity contribution is -0.154. The average Bonchev–Trinajstić information content (AvgIpc) is 2.58. The number of nitrogens with zero attached hydrogens (tertiary/aromatic N) is 2. The number of ether oxygens (including phenoxy) is 1. The molecule has 26 heavy (non-hydrogen) atoms. The van der Waals surface area contributed by atoms with E-state index in [0.29, 0.717) is 19.4 Å². The minimum atomic E-state index is -4.52. The molecule has 1 aromatic rings. The van der Waals surface area contributed by atoms with Crippen molar-refractivity contribution in [3.05, 3.63) is 23.9 Å². The van der Waals surface area contributed by atoms with Gasteiger partial charge in [0.2, 0.25) is 0 Å². The van der Waals surface area contributed by atoms with Gasteiger partial charge in [-0.05, 0) is 25.0 Å². The number of piperidine rings is 1. The van der Waals surface area contributed by atoms with Crippen LogP contribution in [0, 0.1) is 11.3 Å². The summed E-state index contributed by atoms with van der Waals surface area (Å²) in [6.07, 6.45) is -2.17. The molecule has 0 saturated carbocycles. The summed E-state index contributed by atoms with van der Waals surface area (Å²) in [6, 6.07) is 2.21. The van der Waals surface area contributed by atoms with Crippen molar-refractivity contribution in [1.29, 1.82) is 0 Å². The Hall–Kier alpha value is -2.12. The van der Waals surface area contributed by atoms with Gasteiger partial charge in [-0.25, -0.2) is 4.98 Å². The zero-order chi connectivity index (χ0) is 19.5. The maximum absolute atomic E-state index is 13.2. The van der Waals surface area contributed by atoms with E-state index in [2.05, 4.69) is 4.98 Å². The van der Waals surface area contributed by atoms with E-state index >= 15 is 0 Å². The minimum absolute atomic E-state index is 0.0859. The number of hydrogen-bond donors (Lipinski definition) is 0. The predicted octanol–water partition coefficient (Wildman–Crippen LogP) is 3.48. The predicted molar refractivity (Wildman–Crippen MR) is 89.6 cm³/mol. The Morgan fingerprint density at radius 1 is 1.31 bits per heavy atom. The highest BCUT2D eigenvalue weighted by Crippen LogP contribution is 2.36. The molecule has 0 N–H and O–H groups in total. The highest BCUT2D eigenvalue weighted by molar-refractivity contribution is 5.87. The van der Waals surface area contributed by atoms with Gasteiger partial charge in [-0.1, -0.05) is 20.8 Å². The first kappa shape index (κ1) is 20.2. The molecule has 5 nitrogen and oxygen atoms in total. The van der Waals surface area contributed by atoms with E-state index in [4.69, 9.17) is 4.74 Å². The molecule has 2 rings (SSSR count). The Morgan fingerprint density at radius 2 is 2.00 bits per heavy atom. The van der Waals surface area contributed by atoms with Crippen LogP contribution in [0.5, 0.6) is 0 Å². The van der Waals surface area contributed by atoms with Crippen molar-refractivity contribution >= 4 is 17.6 Å². The van der Waals surface area contributed by atoms with Crippen molar-refractivity contribution in [3.63, 3.8) is 0 Å². The molecule has 8 heteroatoms. The zero-order valence-corrected chi connectivity index (χ0v) is 15.1. The van der Waals surface area contributed by atoms with Crippen LogP contribution in [-0.4, -0.2) is 36.4 Å². The number of hydrogen-bond acceptors (Lipinski definition) is 5. The fourth-order valence-electron chi connectivity index (χ4n) is 2.70. The molecular formula is C18H23F3N2O3. The summed E-state index contributed by atoms with van der Waals surface area (Å²) in [7, 11) is 0. The lowest BCUT2D eigenvalue weighted by Gasteiger charge is -2.33. The summed E-state index contributed by atoms with van der Waals surface area (Å²) in [6.45, 7) is 5.32. The van der Waals surface area contributed by atoms with Gasteiger partial charge in [-0.15, -0.1) is 0 Å². The quantitative estimate of drug-likeness (QED) is 0.758. The number of Topliss-reactive ketones (excluding diaryl/α,β-unsaturated/α-hetero) is 1. The van der Waals surface area contributed by atoms with E-state index in [1.165, 1.54) is 17.2 Å². The molecule has 0 radical (unpaired) electrons. The van der Waals surface area contributed by atoms with Gasteiger partial charge in [0, 0.05) is 24.7 Å². The van der Waals surface area contributed by atoms with E-state index in [1.807, 2.05) is 0 Å². The molecule has 2 heterocycles. The lowest BCUT2D eigenvalue weighted by atomic mass is 9.91. The van der Waals surface area contributed by atoms with Gasteiger partial charge in [0.05, 0.1) is 11.5 Å². The standard InChI is InChI=1S/C18H23F3N2O3/c1-17(2,3)14(24)11-26-16(25)12-6-5-9-23(10-12)15-13(18(19,20)21)7-4-8-22-15/h4,7-8,12H,5-6,9-11H2,1-3H3/t12-/m0/s1. The van der Waals surface area contributed by atoms with Crippen molar-refractivity contribution in [2.24, 2.45) is 11.3 Å². The Bertz CT molecular complexity index is 668. The number of aromatic nitrogens is 1. The number of carbonyl (C=O) groups excluding carboxylic acids is 2. The third-order valence-corrected chi connectivity index (χ3v) is 4.33. The van der Waals surface area contributed by atoms with Gasteiger partial charge < -0.3 is 9.64 Å². The number of esters is 1. The number of pyridine rings is 1. The molecule has 1 aliphatic heterocycles. The van der Waals surface area contributed by atoms with Crippen molar-refractivity contribution in [3.8, 4) is 0 Å². The molecular weight excluding hydrogens is 349 g/mol. The van der Waals surface area contributed by atoms with Gasteiger partial charge in [0.1, 0.15) is 5.82 Å². The Kier molecular flexibility index (Phi) is 5.93. The highest BCUT2D eigenvalue weighted by atomic mass is 19.4. The Morgan fingerprint density at radius 3 is 2.62 bits per heavy atom. The molecule has 0 aromatic carbocycles. The van der Waals surface area contributed by atoms with E-state index < -0.39 is 29.0 Å². The van der Waals surface area contributed by atoms with Crippen LogP contribution < -0.4 is 4.90 Å². The van der Waals surface area contributed by atoms with Gasteiger partial charge >= 0.3 is 12.1 Å². The largest absolute Gasteiger partial charge is 0.457 e. The van der Waals surface area contributed by atoms with Crippen LogP contribution in [0.15, 0.2) is 18.3 Å². The molecule has 144 valence electrons. The molecule has 1 aliphatic rings. The first-order valence-electron chi connectivity index (χ1n) is 8.47. The van der Waals surface area contributed by atoms with Crippen LogP contribution in [0.25, 0.3) is 0 Å². The van der Waals surface area contributed by atoms with Crippen molar-refractivity contribution < 1.29 is 27.5 Å². The summed E-state index contributed by atoms with van der Waals surface area (Å²) in [5.74, 6) is -1.53. The van der Waals surface area contributed by atoms with Crippen LogP contribution >= 0.6 is 0 Å². The summed E-state index contributed by atoms with van der Waals surface area (Å²) < 4.78 is 44.6. The third kappa shape index (κ3) is 4.95. The maximum atomic E-state index is 13.2. The van der Waals surface area contributed by atoms with Crippen LogP contribution in [-0.2, 0) is 20.5 Å². The average molecular weight is 372 g/mol. The van der Waals surface area contributed by atoms with Crippen LogP contribution in [0.4, 0.5) is 19.0 Å². The lowest BCUT2D eigenvalue weighted by Crippen LogP contribution is -2.41. The molecule has 1 aromatic heterocycles. The third-order valence-electron chi connectivity index (χ3n) is 4.33. The molecule has 0 spiro atoms. The first-order valence-corrected chi connectivity index (χ1v) is 8.47. The molecule has 0 bridgehead atoms. The van der Waals surface area contributed by atoms with E-state index in [9.17, 15) is 22.8 Å². The fourth-order valence-corrected chi connectivity index (χ4v) is 2.70. The molecule has 1 saturated heterocycles. The smallest absolute Gasteiger partial charge is 0.419 e. The zero-order valence-electron chi connectivity index (χ0n) is 15.1. The molecule has 0 amide bonds. The number of rotatable bonds is 4. The summed E-state index contributed by atoms with van der Waals surface area (Å²) in [5, 5.41) is 0. The minimum Gasteiger partial charge on any atom is -0.457 e. The monoisotopic (exact) mass is 372 g/mol. The second kappa shape index (κ2) is 7.63. The first-order chi connectivity index (χ1) is 12.0. The summed E-state index contributed by atoms with van der Waals surface area (Å²) >= 11 is 0. The molecule has 1 fully saturated rings. The number of halogens is 3.